The van der Waals surface area contributed by atoms with Crippen molar-refractivity contribution in [2.45, 2.75) is 52.6 Å². The molecular formula is C11H25NO3S. The van der Waals surface area contributed by atoms with Crippen LogP contribution in [0.1, 0.15) is 46.5 Å². The van der Waals surface area contributed by atoms with Crippen LogP contribution in [-0.2, 0) is 14.8 Å². The van der Waals surface area contributed by atoms with E-state index in [-0.39, 0.29) is 5.75 Å². The maximum absolute atomic E-state index is 10.6. The van der Waals surface area contributed by atoms with Crippen molar-refractivity contribution in [2.75, 3.05) is 12.4 Å². The first-order valence-electron chi connectivity index (χ1n) is 5.95. The zero-order valence-electron chi connectivity index (χ0n) is 10.6. The van der Waals surface area contributed by atoms with Crippen molar-refractivity contribution in [3.8, 4) is 0 Å². The SMILES string of the molecule is CC(C)C(C)OCCCCCCS(N)(=O)=O. The Morgan fingerprint density at radius 2 is 1.62 bits per heavy atom. The Bertz CT molecular complexity index is 262. The smallest absolute Gasteiger partial charge is 0.209 e. The molecule has 0 rings (SSSR count). The Hall–Kier alpha value is -0.130. The molecule has 0 amide bonds. The van der Waals surface area contributed by atoms with Gasteiger partial charge in [-0.3, -0.25) is 0 Å². The van der Waals surface area contributed by atoms with Gasteiger partial charge in [-0.1, -0.05) is 26.7 Å². The third kappa shape index (κ3) is 10.4. The number of hydrogen-bond donors (Lipinski definition) is 1. The van der Waals surface area contributed by atoms with Crippen LogP contribution in [0, 0.1) is 5.92 Å². The van der Waals surface area contributed by atoms with Crippen molar-refractivity contribution >= 4 is 10.0 Å². The maximum Gasteiger partial charge on any atom is 0.209 e. The van der Waals surface area contributed by atoms with Gasteiger partial charge in [-0.15, -0.1) is 0 Å². The molecule has 1 unspecified atom stereocenters. The van der Waals surface area contributed by atoms with Gasteiger partial charge < -0.3 is 4.74 Å². The van der Waals surface area contributed by atoms with Crippen molar-refractivity contribution in [3.63, 3.8) is 0 Å². The maximum atomic E-state index is 10.6. The monoisotopic (exact) mass is 251 g/mol. The highest BCUT2D eigenvalue weighted by Crippen LogP contribution is 2.07. The molecule has 5 heteroatoms. The minimum Gasteiger partial charge on any atom is -0.378 e. The second kappa shape index (κ2) is 8.03. The van der Waals surface area contributed by atoms with Crippen LogP contribution < -0.4 is 5.14 Å². The molecule has 98 valence electrons. The van der Waals surface area contributed by atoms with Gasteiger partial charge in [0.1, 0.15) is 0 Å². The topological polar surface area (TPSA) is 69.4 Å². The van der Waals surface area contributed by atoms with Gasteiger partial charge in [0.2, 0.25) is 10.0 Å². The average molecular weight is 251 g/mol. The lowest BCUT2D eigenvalue weighted by molar-refractivity contribution is 0.0332. The Labute approximate surface area is 99.6 Å². The van der Waals surface area contributed by atoms with Crippen LogP contribution in [0.25, 0.3) is 0 Å². The number of sulfonamides is 1. The molecule has 0 aromatic heterocycles. The molecule has 0 saturated carbocycles. The number of unbranched alkanes of at least 4 members (excludes halogenated alkanes) is 3. The predicted octanol–water partition coefficient (Wildman–Crippen LogP) is 1.90. The summed E-state index contributed by atoms with van der Waals surface area (Å²) in [6, 6.07) is 0. The lowest BCUT2D eigenvalue weighted by atomic mass is 10.1. The molecule has 4 nitrogen and oxygen atoms in total. The van der Waals surface area contributed by atoms with E-state index in [1.54, 1.807) is 0 Å². The van der Waals surface area contributed by atoms with Crippen molar-refractivity contribution in [1.29, 1.82) is 0 Å². The summed E-state index contributed by atoms with van der Waals surface area (Å²) < 4.78 is 26.9. The molecule has 0 aliphatic rings. The first kappa shape index (κ1) is 15.9. The van der Waals surface area contributed by atoms with Crippen LogP contribution in [0.15, 0.2) is 0 Å². The van der Waals surface area contributed by atoms with Gasteiger partial charge in [-0.2, -0.15) is 0 Å². The van der Waals surface area contributed by atoms with E-state index >= 15 is 0 Å². The van der Waals surface area contributed by atoms with E-state index in [0.717, 1.165) is 25.9 Å². The minimum absolute atomic E-state index is 0.0935. The summed E-state index contributed by atoms with van der Waals surface area (Å²) in [4.78, 5) is 0. The van der Waals surface area contributed by atoms with Crippen molar-refractivity contribution in [2.24, 2.45) is 11.1 Å². The normalized spacial score (nSPS) is 14.3. The van der Waals surface area contributed by atoms with Gasteiger partial charge >= 0.3 is 0 Å². The van der Waals surface area contributed by atoms with E-state index in [1.165, 1.54) is 0 Å². The average Bonchev–Trinajstić information content (AvgIpc) is 2.14. The molecule has 0 fully saturated rings. The number of nitrogens with two attached hydrogens (primary N) is 1. The van der Waals surface area contributed by atoms with E-state index in [0.29, 0.717) is 18.4 Å². The van der Waals surface area contributed by atoms with Crippen molar-refractivity contribution in [3.05, 3.63) is 0 Å². The van der Waals surface area contributed by atoms with E-state index in [9.17, 15) is 8.42 Å². The molecule has 0 heterocycles. The quantitative estimate of drug-likeness (QED) is 0.636. The van der Waals surface area contributed by atoms with E-state index < -0.39 is 10.0 Å². The molecule has 0 spiro atoms. The Balaban J connectivity index is 3.29. The largest absolute Gasteiger partial charge is 0.378 e. The number of rotatable bonds is 9. The lowest BCUT2D eigenvalue weighted by Gasteiger charge is -2.16. The first-order chi connectivity index (χ1) is 7.33. The van der Waals surface area contributed by atoms with E-state index in [2.05, 4.69) is 20.8 Å². The highest BCUT2D eigenvalue weighted by Gasteiger charge is 2.06. The third-order valence-electron chi connectivity index (χ3n) is 2.64. The molecule has 0 radical (unpaired) electrons. The second-order valence-electron chi connectivity index (χ2n) is 4.60. The molecule has 0 aliphatic heterocycles. The molecule has 0 aromatic rings. The van der Waals surface area contributed by atoms with Gasteiger partial charge in [-0.25, -0.2) is 13.6 Å². The molecule has 2 N–H and O–H groups in total. The number of primary sulfonamides is 1. The third-order valence-corrected chi connectivity index (χ3v) is 3.50. The fraction of sp³-hybridized carbons (Fsp3) is 1.00. The summed E-state index contributed by atoms with van der Waals surface area (Å²) in [5.74, 6) is 0.637. The second-order valence-corrected chi connectivity index (χ2v) is 6.34. The van der Waals surface area contributed by atoms with Crippen LogP contribution in [0.2, 0.25) is 0 Å². The molecule has 16 heavy (non-hydrogen) atoms. The summed E-state index contributed by atoms with van der Waals surface area (Å²) >= 11 is 0. The van der Waals surface area contributed by atoms with Crippen LogP contribution in [0.5, 0.6) is 0 Å². The molecule has 1 atom stereocenters. The van der Waals surface area contributed by atoms with Gasteiger partial charge in [-0.05, 0) is 25.7 Å². The molecule has 0 aliphatic carbocycles. The van der Waals surface area contributed by atoms with E-state index in [4.69, 9.17) is 9.88 Å². The predicted molar refractivity (Wildman–Crippen MR) is 66.7 cm³/mol. The summed E-state index contributed by atoms with van der Waals surface area (Å²) in [7, 11) is -3.27. The standard InChI is InChI=1S/C11H25NO3S/c1-10(2)11(3)15-8-6-4-5-7-9-16(12,13)14/h10-11H,4-9H2,1-3H3,(H2,12,13,14). The molecule has 0 aromatic carbocycles. The zero-order chi connectivity index (χ0) is 12.6. The molecular weight excluding hydrogens is 226 g/mol. The van der Waals surface area contributed by atoms with Crippen LogP contribution in [-0.4, -0.2) is 26.9 Å². The minimum atomic E-state index is -3.27. The van der Waals surface area contributed by atoms with Crippen LogP contribution >= 0.6 is 0 Å². The summed E-state index contributed by atoms with van der Waals surface area (Å²) in [5, 5.41) is 4.90. The number of hydrogen-bond acceptors (Lipinski definition) is 3. The Kier molecular flexibility index (Phi) is 7.97. The molecule has 0 saturated heterocycles. The molecule has 0 bridgehead atoms. The summed E-state index contributed by atoms with van der Waals surface area (Å²) in [6.45, 7) is 7.11. The highest BCUT2D eigenvalue weighted by molar-refractivity contribution is 7.89. The van der Waals surface area contributed by atoms with Gasteiger partial charge in [0, 0.05) is 6.61 Å². The van der Waals surface area contributed by atoms with Gasteiger partial charge in [0.05, 0.1) is 11.9 Å². The van der Waals surface area contributed by atoms with Crippen molar-refractivity contribution in [1.82, 2.24) is 0 Å². The Morgan fingerprint density at radius 1 is 1.06 bits per heavy atom. The van der Waals surface area contributed by atoms with Crippen molar-refractivity contribution < 1.29 is 13.2 Å². The number of ether oxygens (including phenoxy) is 1. The van der Waals surface area contributed by atoms with Crippen LogP contribution in [0.3, 0.4) is 0 Å². The van der Waals surface area contributed by atoms with Gasteiger partial charge in [0.15, 0.2) is 0 Å². The zero-order valence-corrected chi connectivity index (χ0v) is 11.4. The van der Waals surface area contributed by atoms with Crippen LogP contribution in [0.4, 0.5) is 0 Å². The fourth-order valence-corrected chi connectivity index (χ4v) is 1.83. The summed E-state index contributed by atoms with van der Waals surface area (Å²) in [5.41, 5.74) is 0. The summed E-state index contributed by atoms with van der Waals surface area (Å²) in [6.07, 6.45) is 3.83. The lowest BCUT2D eigenvalue weighted by Crippen LogP contribution is -2.16. The van der Waals surface area contributed by atoms with Gasteiger partial charge in [0.25, 0.3) is 0 Å². The fourth-order valence-electron chi connectivity index (χ4n) is 1.22. The Morgan fingerprint density at radius 3 is 2.12 bits per heavy atom. The highest BCUT2D eigenvalue weighted by atomic mass is 32.2. The van der Waals surface area contributed by atoms with E-state index in [1.807, 2.05) is 0 Å². The first-order valence-corrected chi connectivity index (χ1v) is 7.66.